The summed E-state index contributed by atoms with van der Waals surface area (Å²) in [7, 11) is 1.81. The summed E-state index contributed by atoms with van der Waals surface area (Å²) in [5, 5.41) is 10.2. The Labute approximate surface area is 103 Å². The van der Waals surface area contributed by atoms with Gasteiger partial charge in [-0.1, -0.05) is 6.07 Å². The molecule has 1 unspecified atom stereocenters. The van der Waals surface area contributed by atoms with Gasteiger partial charge in [0.2, 0.25) is 0 Å². The van der Waals surface area contributed by atoms with Crippen molar-refractivity contribution in [1.82, 2.24) is 20.5 Å². The molecule has 0 amide bonds. The van der Waals surface area contributed by atoms with Crippen molar-refractivity contribution < 1.29 is 4.39 Å². The van der Waals surface area contributed by atoms with Crippen LogP contribution in [0.3, 0.4) is 0 Å². The minimum atomic E-state index is -0.212. The molecule has 4 nitrogen and oxygen atoms in total. The van der Waals surface area contributed by atoms with Gasteiger partial charge in [-0.05, 0) is 37.9 Å². The minimum Gasteiger partial charge on any atom is -0.313 e. The first kappa shape index (κ1) is 12.1. The van der Waals surface area contributed by atoms with Crippen LogP contribution in [0.5, 0.6) is 0 Å². The molecular formula is C11H13FN4S. The van der Waals surface area contributed by atoms with E-state index in [2.05, 4.69) is 20.5 Å². The summed E-state index contributed by atoms with van der Waals surface area (Å²) in [6.07, 6.45) is 1.43. The summed E-state index contributed by atoms with van der Waals surface area (Å²) in [5.41, 5.74) is 0.649. The third-order valence-corrected chi connectivity index (χ3v) is 3.44. The number of aromatic nitrogens is 3. The number of benzene rings is 1. The Morgan fingerprint density at radius 2 is 2.29 bits per heavy atom. The molecule has 0 bridgehead atoms. The first-order valence-corrected chi connectivity index (χ1v) is 6.03. The molecule has 0 aliphatic rings. The zero-order valence-electron chi connectivity index (χ0n) is 9.57. The first-order chi connectivity index (χ1) is 8.22. The van der Waals surface area contributed by atoms with Crippen molar-refractivity contribution in [3.63, 3.8) is 0 Å². The van der Waals surface area contributed by atoms with Gasteiger partial charge in [-0.2, -0.15) is 5.10 Å². The summed E-state index contributed by atoms with van der Waals surface area (Å²) >= 11 is 1.37. The van der Waals surface area contributed by atoms with Crippen LogP contribution in [0.1, 0.15) is 18.5 Å². The number of rotatable bonds is 4. The fourth-order valence-corrected chi connectivity index (χ4v) is 2.46. The molecule has 0 saturated carbocycles. The Hall–Kier alpha value is -1.40. The smallest absolute Gasteiger partial charge is 0.188 e. The average Bonchev–Trinajstić information content (AvgIpc) is 2.81. The number of hydrogen-bond acceptors (Lipinski definition) is 4. The van der Waals surface area contributed by atoms with Crippen molar-refractivity contribution in [2.24, 2.45) is 0 Å². The van der Waals surface area contributed by atoms with E-state index >= 15 is 0 Å². The highest BCUT2D eigenvalue weighted by atomic mass is 32.2. The molecule has 2 aromatic rings. The Morgan fingerprint density at radius 3 is 2.94 bits per heavy atom. The molecule has 17 heavy (non-hydrogen) atoms. The molecule has 6 heteroatoms. The Kier molecular flexibility index (Phi) is 3.75. The van der Waals surface area contributed by atoms with Crippen LogP contribution in [0.4, 0.5) is 4.39 Å². The molecule has 0 fully saturated rings. The van der Waals surface area contributed by atoms with Gasteiger partial charge in [-0.25, -0.2) is 9.37 Å². The normalized spacial score (nSPS) is 12.6. The maximum atomic E-state index is 13.8. The highest BCUT2D eigenvalue weighted by Gasteiger charge is 2.15. The number of nitrogens with one attached hydrogen (secondary N) is 2. The Morgan fingerprint density at radius 1 is 1.47 bits per heavy atom. The summed E-state index contributed by atoms with van der Waals surface area (Å²) in [6.45, 7) is 1.92. The van der Waals surface area contributed by atoms with Gasteiger partial charge in [0.05, 0.1) is 0 Å². The van der Waals surface area contributed by atoms with E-state index in [1.807, 2.05) is 13.0 Å². The van der Waals surface area contributed by atoms with Gasteiger partial charge in [0.15, 0.2) is 5.16 Å². The van der Waals surface area contributed by atoms with E-state index in [4.69, 9.17) is 0 Å². The van der Waals surface area contributed by atoms with Gasteiger partial charge in [0.25, 0.3) is 0 Å². The van der Waals surface area contributed by atoms with Crippen molar-refractivity contribution >= 4 is 11.8 Å². The van der Waals surface area contributed by atoms with Gasteiger partial charge in [-0.15, -0.1) is 0 Å². The van der Waals surface area contributed by atoms with E-state index in [0.29, 0.717) is 10.7 Å². The standard InChI is InChI=1S/C11H13FN4S/c1-7(13-2)10-8(12)4-3-5-9(10)17-11-14-6-15-16-11/h3-7,13H,1-2H3,(H,14,15,16). The second-order valence-corrected chi connectivity index (χ2v) is 4.59. The highest BCUT2D eigenvalue weighted by molar-refractivity contribution is 7.99. The van der Waals surface area contributed by atoms with Crippen LogP contribution in [-0.2, 0) is 0 Å². The number of nitrogens with zero attached hydrogens (tertiary/aromatic N) is 2. The van der Waals surface area contributed by atoms with Gasteiger partial charge in [-0.3, -0.25) is 5.10 Å². The predicted octanol–water partition coefficient (Wildman–Crippen LogP) is 2.38. The van der Waals surface area contributed by atoms with E-state index in [9.17, 15) is 4.39 Å². The van der Waals surface area contributed by atoms with Crippen LogP contribution in [-0.4, -0.2) is 22.2 Å². The highest BCUT2D eigenvalue weighted by Crippen LogP contribution is 2.32. The molecule has 0 radical (unpaired) electrons. The van der Waals surface area contributed by atoms with E-state index < -0.39 is 0 Å². The lowest BCUT2D eigenvalue weighted by Crippen LogP contribution is -2.14. The quantitative estimate of drug-likeness (QED) is 0.877. The average molecular weight is 252 g/mol. The van der Waals surface area contributed by atoms with Gasteiger partial charge >= 0.3 is 0 Å². The van der Waals surface area contributed by atoms with Crippen molar-refractivity contribution in [2.45, 2.75) is 23.0 Å². The number of H-pyrrole nitrogens is 1. The fourth-order valence-electron chi connectivity index (χ4n) is 1.52. The second kappa shape index (κ2) is 5.29. The zero-order chi connectivity index (χ0) is 12.3. The SMILES string of the molecule is CNC(C)c1c(F)cccc1Sc1ncn[nH]1. The van der Waals surface area contributed by atoms with E-state index in [-0.39, 0.29) is 11.9 Å². The van der Waals surface area contributed by atoms with E-state index in [1.54, 1.807) is 13.1 Å². The first-order valence-electron chi connectivity index (χ1n) is 5.21. The molecule has 0 aliphatic heterocycles. The molecule has 1 atom stereocenters. The van der Waals surface area contributed by atoms with Crippen molar-refractivity contribution in [2.75, 3.05) is 7.05 Å². The van der Waals surface area contributed by atoms with E-state index in [1.165, 1.54) is 24.2 Å². The molecule has 1 heterocycles. The van der Waals surface area contributed by atoms with Crippen LogP contribution in [0.2, 0.25) is 0 Å². The maximum absolute atomic E-state index is 13.8. The van der Waals surface area contributed by atoms with Gasteiger partial charge < -0.3 is 5.32 Å². The molecule has 1 aromatic heterocycles. The lowest BCUT2D eigenvalue weighted by molar-refractivity contribution is 0.552. The molecule has 2 N–H and O–H groups in total. The molecular weight excluding hydrogens is 239 g/mol. The zero-order valence-corrected chi connectivity index (χ0v) is 10.4. The van der Waals surface area contributed by atoms with Crippen molar-refractivity contribution in [3.05, 3.63) is 35.9 Å². The van der Waals surface area contributed by atoms with Crippen LogP contribution in [0.15, 0.2) is 34.6 Å². The predicted molar refractivity (Wildman–Crippen MR) is 64.4 cm³/mol. The van der Waals surface area contributed by atoms with Gasteiger partial charge in [0.1, 0.15) is 12.1 Å². The lowest BCUT2D eigenvalue weighted by atomic mass is 10.1. The monoisotopic (exact) mass is 252 g/mol. The summed E-state index contributed by atoms with van der Waals surface area (Å²) < 4.78 is 13.8. The summed E-state index contributed by atoms with van der Waals surface area (Å²) in [5.74, 6) is -0.212. The second-order valence-electron chi connectivity index (χ2n) is 3.55. The topological polar surface area (TPSA) is 53.6 Å². The molecule has 1 aromatic carbocycles. The number of hydrogen-bond donors (Lipinski definition) is 2. The van der Waals surface area contributed by atoms with E-state index in [0.717, 1.165) is 4.90 Å². The maximum Gasteiger partial charge on any atom is 0.188 e. The molecule has 2 rings (SSSR count). The largest absolute Gasteiger partial charge is 0.313 e. The third-order valence-electron chi connectivity index (χ3n) is 2.48. The van der Waals surface area contributed by atoms with Crippen LogP contribution in [0.25, 0.3) is 0 Å². The van der Waals surface area contributed by atoms with Crippen molar-refractivity contribution in [1.29, 1.82) is 0 Å². The minimum absolute atomic E-state index is 0.0541. The number of aromatic amines is 1. The van der Waals surface area contributed by atoms with Crippen LogP contribution < -0.4 is 5.32 Å². The molecule has 90 valence electrons. The number of halogens is 1. The molecule has 0 spiro atoms. The molecule has 0 aliphatic carbocycles. The summed E-state index contributed by atoms with van der Waals surface area (Å²) in [4.78, 5) is 4.86. The van der Waals surface area contributed by atoms with Crippen molar-refractivity contribution in [3.8, 4) is 0 Å². The lowest BCUT2D eigenvalue weighted by Gasteiger charge is -2.15. The molecule has 0 saturated heterocycles. The Balaban J connectivity index is 2.36. The van der Waals surface area contributed by atoms with Crippen LogP contribution in [0, 0.1) is 5.82 Å². The van der Waals surface area contributed by atoms with Gasteiger partial charge in [0, 0.05) is 16.5 Å². The summed E-state index contributed by atoms with van der Waals surface area (Å²) in [6, 6.07) is 4.98. The fraction of sp³-hybridized carbons (Fsp3) is 0.273. The third kappa shape index (κ3) is 2.65. The van der Waals surface area contributed by atoms with Crippen LogP contribution >= 0.6 is 11.8 Å². The Bertz CT molecular complexity index is 486.